The van der Waals surface area contributed by atoms with Crippen molar-refractivity contribution < 1.29 is 34.5 Å². The lowest BCUT2D eigenvalue weighted by atomic mass is 10.2. The van der Waals surface area contributed by atoms with Gasteiger partial charge in [0.1, 0.15) is 22.2 Å². The standard InChI is InChI=1S/C25H20F4N3OS3.ClH/c1-4-32-23(13-22-31(3)17-12-15(26)6-8-18(17)34-22)35-19(24(32)33)9-10-21-30(2)16-7-5-14(25(27,28)29)11-20(16)36-21;/h5-13H,4H2,1-3H3;1H/q+1;/p-1/b19-9-,21-10-;. The summed E-state index contributed by atoms with van der Waals surface area (Å²) in [7, 11) is 3.65. The predicted octanol–water partition coefficient (Wildman–Crippen LogP) is 1.82. The van der Waals surface area contributed by atoms with Gasteiger partial charge in [-0.2, -0.15) is 17.7 Å². The first-order chi connectivity index (χ1) is 17.1. The molecule has 2 aromatic heterocycles. The Bertz CT molecular complexity index is 1720. The van der Waals surface area contributed by atoms with E-state index in [2.05, 4.69) is 0 Å². The summed E-state index contributed by atoms with van der Waals surface area (Å²) in [6.07, 6.45) is 0.998. The minimum absolute atomic E-state index is 0. The average Bonchev–Trinajstić information content (AvgIpc) is 3.43. The van der Waals surface area contributed by atoms with E-state index in [9.17, 15) is 22.4 Å². The molecule has 37 heavy (non-hydrogen) atoms. The lowest BCUT2D eigenvalue weighted by molar-refractivity contribution is -0.642. The Balaban J connectivity index is 0.00000320. The first-order valence-corrected chi connectivity index (χ1v) is 13.4. The van der Waals surface area contributed by atoms with Crippen LogP contribution < -0.4 is 36.6 Å². The lowest BCUT2D eigenvalue weighted by Crippen LogP contribution is -3.00. The zero-order chi connectivity index (χ0) is 25.8. The Morgan fingerprint density at radius 3 is 2.54 bits per heavy atom. The molecule has 0 amide bonds. The largest absolute Gasteiger partial charge is 1.00 e. The number of thiazole rings is 2. The average molecular weight is 586 g/mol. The third-order valence-corrected chi connectivity index (χ3v) is 9.31. The van der Waals surface area contributed by atoms with Crippen LogP contribution in [0.1, 0.15) is 17.5 Å². The van der Waals surface area contributed by atoms with Crippen molar-refractivity contribution in [2.45, 2.75) is 24.5 Å². The van der Waals surface area contributed by atoms with E-state index in [1.807, 2.05) is 29.5 Å². The fourth-order valence-electron chi connectivity index (χ4n) is 3.97. The Kier molecular flexibility index (Phi) is 7.62. The van der Waals surface area contributed by atoms with Crippen LogP contribution in [0.4, 0.5) is 23.2 Å². The van der Waals surface area contributed by atoms with Gasteiger partial charge in [0.2, 0.25) is 5.52 Å². The molecule has 12 heteroatoms. The molecule has 0 fully saturated rings. The molecule has 0 saturated carbocycles. The molecule has 4 nitrogen and oxygen atoms in total. The molecule has 0 bridgehead atoms. The number of aromatic nitrogens is 2. The van der Waals surface area contributed by atoms with E-state index in [1.54, 1.807) is 29.8 Å². The van der Waals surface area contributed by atoms with Crippen LogP contribution >= 0.6 is 34.4 Å². The van der Waals surface area contributed by atoms with Crippen LogP contribution in [-0.2, 0) is 19.8 Å². The van der Waals surface area contributed by atoms with Crippen molar-refractivity contribution in [2.75, 3.05) is 11.9 Å². The fraction of sp³-hybridized carbons (Fsp3) is 0.200. The van der Waals surface area contributed by atoms with E-state index in [0.717, 1.165) is 37.0 Å². The summed E-state index contributed by atoms with van der Waals surface area (Å²) in [6, 6.07) is 8.34. The Morgan fingerprint density at radius 1 is 1.08 bits per heavy atom. The number of rotatable bonds is 3. The number of benzene rings is 2. The van der Waals surface area contributed by atoms with Crippen LogP contribution in [0.5, 0.6) is 0 Å². The molecule has 0 radical (unpaired) electrons. The van der Waals surface area contributed by atoms with Crippen molar-refractivity contribution in [1.82, 2.24) is 4.57 Å². The first-order valence-electron chi connectivity index (χ1n) is 10.9. The van der Waals surface area contributed by atoms with Crippen molar-refractivity contribution in [3.63, 3.8) is 0 Å². The second-order valence-electron chi connectivity index (χ2n) is 8.12. The minimum Gasteiger partial charge on any atom is -1.00 e. The lowest BCUT2D eigenvalue weighted by Gasteiger charge is -2.13. The third kappa shape index (κ3) is 5.09. The van der Waals surface area contributed by atoms with Crippen LogP contribution in [0.15, 0.2) is 57.2 Å². The zero-order valence-corrected chi connectivity index (χ0v) is 23.0. The molecule has 1 aliphatic rings. The summed E-state index contributed by atoms with van der Waals surface area (Å²) in [5, 5.41) is 1.61. The van der Waals surface area contributed by atoms with Crippen LogP contribution in [0, 0.1) is 5.82 Å². The molecule has 0 spiro atoms. The zero-order valence-electron chi connectivity index (χ0n) is 19.8. The van der Waals surface area contributed by atoms with Gasteiger partial charge in [0.05, 0.1) is 26.9 Å². The smallest absolute Gasteiger partial charge is 0.416 e. The van der Waals surface area contributed by atoms with E-state index in [0.29, 0.717) is 21.7 Å². The van der Waals surface area contributed by atoms with Gasteiger partial charge in [-0.3, -0.25) is 9.36 Å². The van der Waals surface area contributed by atoms with Gasteiger partial charge in [0.15, 0.2) is 0 Å². The number of hydrogen-bond acceptors (Lipinski definition) is 5. The van der Waals surface area contributed by atoms with Gasteiger partial charge in [0, 0.05) is 24.6 Å². The van der Waals surface area contributed by atoms with Gasteiger partial charge in [0.25, 0.3) is 10.6 Å². The second-order valence-corrected chi connectivity index (χ2v) is 11.3. The number of aryl methyl sites for hydroxylation is 1. The van der Waals surface area contributed by atoms with Crippen molar-refractivity contribution in [1.29, 1.82) is 0 Å². The van der Waals surface area contributed by atoms with Crippen molar-refractivity contribution in [3.05, 3.63) is 83.4 Å². The molecule has 0 saturated heterocycles. The number of anilines is 1. The SMILES string of the molecule is CCn1c(=O)/c(=C/C=C2\Sc3cc(C(F)(F)F)ccc3N2C)s/c1=C\c1sc2ccc(F)cc2[n+]1C.[Cl-]. The quantitative estimate of drug-likeness (QED) is 0.271. The highest BCUT2D eigenvalue weighted by Gasteiger charge is 2.33. The summed E-state index contributed by atoms with van der Waals surface area (Å²) in [6.45, 7) is 2.37. The maximum Gasteiger partial charge on any atom is 0.416 e. The highest BCUT2D eigenvalue weighted by Crippen LogP contribution is 2.47. The van der Waals surface area contributed by atoms with Crippen LogP contribution in [-0.4, -0.2) is 11.6 Å². The van der Waals surface area contributed by atoms with Gasteiger partial charge in [-0.25, -0.2) is 4.39 Å². The predicted molar refractivity (Wildman–Crippen MR) is 138 cm³/mol. The molecule has 4 aromatic rings. The van der Waals surface area contributed by atoms with Gasteiger partial charge in [-0.1, -0.05) is 23.1 Å². The summed E-state index contributed by atoms with van der Waals surface area (Å²) in [5.41, 5.74) is 0.642. The van der Waals surface area contributed by atoms with Gasteiger partial charge < -0.3 is 17.3 Å². The highest BCUT2D eigenvalue weighted by atomic mass is 35.5. The summed E-state index contributed by atoms with van der Waals surface area (Å²) in [5.74, 6) is -0.305. The monoisotopic (exact) mass is 585 g/mol. The molecule has 5 rings (SSSR count). The highest BCUT2D eigenvalue weighted by molar-refractivity contribution is 8.03. The number of fused-ring (bicyclic) bond motifs is 2. The number of nitrogens with zero attached hydrogens (tertiary/aromatic N) is 3. The maximum absolute atomic E-state index is 13.7. The number of alkyl halides is 3. The van der Waals surface area contributed by atoms with Crippen molar-refractivity contribution in [3.8, 4) is 0 Å². The Labute approximate surface area is 227 Å². The van der Waals surface area contributed by atoms with Crippen molar-refractivity contribution >= 4 is 62.5 Å². The molecular weight excluding hydrogens is 566 g/mol. The Hall–Kier alpha value is -2.60. The van der Waals surface area contributed by atoms with E-state index in [-0.39, 0.29) is 23.8 Å². The molecule has 0 aliphatic carbocycles. The maximum atomic E-state index is 13.7. The molecule has 0 unspecified atom stereocenters. The molecule has 0 atom stereocenters. The topological polar surface area (TPSA) is 29.1 Å². The van der Waals surface area contributed by atoms with E-state index < -0.39 is 11.7 Å². The van der Waals surface area contributed by atoms with Crippen LogP contribution in [0.25, 0.3) is 22.4 Å². The summed E-state index contributed by atoms with van der Waals surface area (Å²) < 4.78 is 58.8. The molecule has 0 N–H and O–H groups in total. The molecule has 194 valence electrons. The van der Waals surface area contributed by atoms with Crippen molar-refractivity contribution in [2.24, 2.45) is 7.05 Å². The molecular formula is C25H20ClF4N3OS3. The van der Waals surface area contributed by atoms with E-state index in [1.165, 1.54) is 52.6 Å². The van der Waals surface area contributed by atoms with Gasteiger partial charge in [-0.15, -0.1) is 11.3 Å². The number of halogens is 5. The van der Waals surface area contributed by atoms with Crippen LogP contribution in [0.2, 0.25) is 0 Å². The number of hydrogen-bond donors (Lipinski definition) is 0. The van der Waals surface area contributed by atoms with E-state index in [4.69, 9.17) is 0 Å². The van der Waals surface area contributed by atoms with E-state index >= 15 is 0 Å². The first kappa shape index (κ1) is 27.4. The van der Waals surface area contributed by atoms with Gasteiger partial charge >= 0.3 is 6.18 Å². The normalized spacial score (nSPS) is 15.6. The Morgan fingerprint density at radius 2 is 1.84 bits per heavy atom. The van der Waals surface area contributed by atoms with Gasteiger partial charge in [-0.05, 0) is 49.4 Å². The molecule has 3 heterocycles. The number of thioether (sulfide) groups is 1. The summed E-state index contributed by atoms with van der Waals surface area (Å²) in [4.78, 5) is 15.4. The number of allylic oxidation sites excluding steroid dienone is 1. The fourth-order valence-corrected chi connectivity index (χ4v) is 7.26. The molecule has 2 aromatic carbocycles. The minimum atomic E-state index is -4.40. The second kappa shape index (κ2) is 10.3. The summed E-state index contributed by atoms with van der Waals surface area (Å²) >= 11 is 4.09. The third-order valence-electron chi connectivity index (χ3n) is 5.90. The van der Waals surface area contributed by atoms with Crippen LogP contribution in [0.3, 0.4) is 0 Å². The molecule has 1 aliphatic heterocycles.